The predicted molar refractivity (Wildman–Crippen MR) is 131 cm³/mol. The number of hydrogen-bond donors (Lipinski definition) is 1. The summed E-state index contributed by atoms with van der Waals surface area (Å²) in [5.41, 5.74) is 2.67. The van der Waals surface area contributed by atoms with Crippen molar-refractivity contribution < 1.29 is 14.3 Å². The second-order valence-electron chi connectivity index (χ2n) is 11.9. The molecule has 2 saturated carbocycles. The first-order valence-corrected chi connectivity index (χ1v) is 13.5. The van der Waals surface area contributed by atoms with E-state index in [0.717, 1.165) is 56.1 Å². The fourth-order valence-corrected chi connectivity index (χ4v) is 9.03. The molecule has 2 spiro atoms. The number of carbonyl (C=O) groups excluding carboxylic acids is 1. The summed E-state index contributed by atoms with van der Waals surface area (Å²) in [6, 6.07) is 4.77. The first-order chi connectivity index (χ1) is 17.6. The molecule has 8 heteroatoms. The number of carbonyl (C=O) groups is 1. The lowest BCUT2D eigenvalue weighted by Gasteiger charge is -2.66. The highest BCUT2D eigenvalue weighted by Gasteiger charge is 2.74. The number of methoxy groups -OCH3 is 1. The van der Waals surface area contributed by atoms with Crippen molar-refractivity contribution >= 4 is 5.91 Å². The van der Waals surface area contributed by atoms with Crippen LogP contribution in [0.4, 0.5) is 0 Å². The molecule has 9 rings (SSSR count). The molecule has 36 heavy (non-hydrogen) atoms. The highest BCUT2D eigenvalue weighted by atomic mass is 16.5. The molecule has 0 unspecified atom stereocenters. The van der Waals surface area contributed by atoms with Crippen LogP contribution in [0.3, 0.4) is 0 Å². The second kappa shape index (κ2) is 7.12. The number of ether oxygens (including phenoxy) is 2. The van der Waals surface area contributed by atoms with Gasteiger partial charge in [0.25, 0.3) is 11.5 Å². The van der Waals surface area contributed by atoms with Gasteiger partial charge < -0.3 is 19.4 Å². The van der Waals surface area contributed by atoms with Gasteiger partial charge in [-0.3, -0.25) is 19.5 Å². The minimum absolute atomic E-state index is 0.0458. The van der Waals surface area contributed by atoms with Gasteiger partial charge in [-0.25, -0.2) is 0 Å². The van der Waals surface area contributed by atoms with Crippen molar-refractivity contribution in [3.63, 3.8) is 0 Å². The Kier molecular flexibility index (Phi) is 4.20. The number of amides is 1. The van der Waals surface area contributed by atoms with E-state index in [2.05, 4.69) is 27.0 Å². The maximum absolute atomic E-state index is 13.8. The first-order valence-electron chi connectivity index (χ1n) is 13.5. The molecule has 1 N–H and O–H groups in total. The molecule has 5 atom stereocenters. The fraction of sp³-hybridized carbons (Fsp3) is 0.607. The molecule has 4 bridgehead atoms. The van der Waals surface area contributed by atoms with Crippen LogP contribution in [0, 0.1) is 11.3 Å². The zero-order chi connectivity index (χ0) is 24.2. The van der Waals surface area contributed by atoms with Gasteiger partial charge in [0.2, 0.25) is 0 Å². The number of H-pyrrole nitrogens is 1. The maximum Gasteiger partial charge on any atom is 0.272 e. The minimum atomic E-state index is -0.351. The summed E-state index contributed by atoms with van der Waals surface area (Å²) in [4.78, 5) is 37.3. The van der Waals surface area contributed by atoms with Crippen LogP contribution in [-0.4, -0.2) is 70.6 Å². The lowest BCUT2D eigenvalue weighted by Crippen LogP contribution is -2.72. The zero-order valence-electron chi connectivity index (χ0n) is 20.7. The third-order valence-corrected chi connectivity index (χ3v) is 10.5. The van der Waals surface area contributed by atoms with Gasteiger partial charge in [0.1, 0.15) is 11.8 Å². The lowest BCUT2D eigenvalue weighted by molar-refractivity contribution is -0.129. The van der Waals surface area contributed by atoms with Gasteiger partial charge in [0.15, 0.2) is 11.5 Å². The van der Waals surface area contributed by atoms with Gasteiger partial charge in [0.05, 0.1) is 25.5 Å². The Labute approximate surface area is 210 Å². The Morgan fingerprint density at radius 2 is 2.08 bits per heavy atom. The Balaban J connectivity index is 1.30. The van der Waals surface area contributed by atoms with E-state index in [0.29, 0.717) is 12.6 Å². The maximum atomic E-state index is 13.8. The minimum Gasteiger partial charge on any atom is -0.493 e. The van der Waals surface area contributed by atoms with E-state index in [1.807, 2.05) is 4.90 Å². The molecule has 4 aliphatic heterocycles. The molecule has 0 radical (unpaired) electrons. The standard InChI is InChI=1S/C28H32N4O4/c1-35-20-5-4-17-12-21-27-7-6-19(32(11-8-27)26(34)18-13-29-14-22(33)30-18)25-28(27,23(17)24(20)36-25)9-10-31(21)15-16-2-3-16/h4-5,13-14,16,19,21,25H,2-3,6-12,15H2,1H3,(H,30,33)/t19-,21-,25+,27-,28+/m1/s1. The number of likely N-dealkylation sites (tertiary alicyclic amines) is 1. The molecule has 1 aromatic carbocycles. The van der Waals surface area contributed by atoms with Crippen molar-refractivity contribution in [2.75, 3.05) is 26.7 Å². The molecule has 1 amide bonds. The molecular formula is C28H32N4O4. The van der Waals surface area contributed by atoms with Crippen molar-refractivity contribution in [3.05, 3.63) is 51.7 Å². The summed E-state index contributed by atoms with van der Waals surface area (Å²) in [6.45, 7) is 2.98. The topological polar surface area (TPSA) is 87.8 Å². The number of nitrogens with one attached hydrogen (secondary N) is 1. The number of nitrogens with zero attached hydrogens (tertiary/aromatic N) is 3. The molecule has 8 nitrogen and oxygen atoms in total. The zero-order valence-corrected chi connectivity index (χ0v) is 20.7. The van der Waals surface area contributed by atoms with Crippen LogP contribution in [0.2, 0.25) is 0 Å². The largest absolute Gasteiger partial charge is 0.493 e. The van der Waals surface area contributed by atoms with Crippen LogP contribution in [0.25, 0.3) is 0 Å². The van der Waals surface area contributed by atoms with E-state index in [1.165, 1.54) is 42.9 Å². The Morgan fingerprint density at radius 1 is 1.19 bits per heavy atom. The van der Waals surface area contributed by atoms with Gasteiger partial charge in [-0.2, -0.15) is 0 Å². The highest BCUT2D eigenvalue weighted by molar-refractivity contribution is 5.92. The van der Waals surface area contributed by atoms with E-state index in [1.54, 1.807) is 7.11 Å². The average Bonchev–Trinajstić information content (AvgIpc) is 3.68. The van der Waals surface area contributed by atoms with Crippen molar-refractivity contribution in [1.82, 2.24) is 19.8 Å². The quantitative estimate of drug-likeness (QED) is 0.712. The number of fused-ring (bicyclic) bond motifs is 3. The van der Waals surface area contributed by atoms with Crippen molar-refractivity contribution in [2.45, 2.75) is 68.5 Å². The van der Waals surface area contributed by atoms with Gasteiger partial charge in [0, 0.05) is 35.5 Å². The Bertz CT molecular complexity index is 1340. The lowest BCUT2D eigenvalue weighted by atomic mass is 9.42. The molecule has 5 heterocycles. The van der Waals surface area contributed by atoms with Gasteiger partial charge in [-0.05, 0) is 69.0 Å². The molecule has 2 aromatic rings. The number of piperidine rings is 1. The SMILES string of the molecule is COc1ccc2c3c1O[C@H]1[C@H]4CC[C@@]5(CCN4C(=O)c4cncc(=O)[nH]4)[C@@H](C2)N(CC2CC2)CC[C@]315. The van der Waals surface area contributed by atoms with E-state index in [-0.39, 0.29) is 40.1 Å². The Morgan fingerprint density at radius 3 is 2.89 bits per heavy atom. The van der Waals surface area contributed by atoms with E-state index >= 15 is 0 Å². The average molecular weight is 489 g/mol. The number of aromatic nitrogens is 2. The molecule has 7 aliphatic rings. The third-order valence-electron chi connectivity index (χ3n) is 10.5. The normalized spacial score (nSPS) is 35.7. The van der Waals surface area contributed by atoms with E-state index in [4.69, 9.17) is 9.47 Å². The molecule has 3 aliphatic carbocycles. The number of hydrogen-bond acceptors (Lipinski definition) is 6. The van der Waals surface area contributed by atoms with Crippen LogP contribution < -0.4 is 15.0 Å². The monoisotopic (exact) mass is 488 g/mol. The van der Waals surface area contributed by atoms with E-state index in [9.17, 15) is 9.59 Å². The Hall–Kier alpha value is -2.87. The number of rotatable bonds is 4. The van der Waals surface area contributed by atoms with Crippen LogP contribution in [0.15, 0.2) is 29.3 Å². The molecule has 1 aromatic heterocycles. The van der Waals surface area contributed by atoms with Gasteiger partial charge >= 0.3 is 0 Å². The van der Waals surface area contributed by atoms with Gasteiger partial charge in [-0.1, -0.05) is 6.07 Å². The molecular weight excluding hydrogens is 456 g/mol. The first kappa shape index (κ1) is 21.2. The van der Waals surface area contributed by atoms with Crippen LogP contribution >= 0.6 is 0 Å². The van der Waals surface area contributed by atoms with Crippen LogP contribution in [0.1, 0.15) is 60.1 Å². The van der Waals surface area contributed by atoms with Crippen molar-refractivity contribution in [1.29, 1.82) is 0 Å². The van der Waals surface area contributed by atoms with Crippen molar-refractivity contribution in [3.8, 4) is 11.5 Å². The number of benzene rings is 1. The van der Waals surface area contributed by atoms with Crippen LogP contribution in [0.5, 0.6) is 11.5 Å². The molecule has 5 fully saturated rings. The van der Waals surface area contributed by atoms with E-state index < -0.39 is 0 Å². The highest BCUT2D eigenvalue weighted by Crippen LogP contribution is 2.71. The summed E-state index contributed by atoms with van der Waals surface area (Å²) in [6.07, 6.45) is 10.4. The van der Waals surface area contributed by atoms with Crippen molar-refractivity contribution in [2.24, 2.45) is 11.3 Å². The summed E-state index contributed by atoms with van der Waals surface area (Å²) in [5, 5.41) is 0. The predicted octanol–water partition coefficient (Wildman–Crippen LogP) is 2.51. The third kappa shape index (κ3) is 2.51. The summed E-state index contributed by atoms with van der Waals surface area (Å²) < 4.78 is 12.8. The molecule has 188 valence electrons. The smallest absolute Gasteiger partial charge is 0.272 e. The summed E-state index contributed by atoms with van der Waals surface area (Å²) >= 11 is 0. The molecule has 3 saturated heterocycles. The van der Waals surface area contributed by atoms with Crippen LogP contribution in [-0.2, 0) is 11.8 Å². The van der Waals surface area contributed by atoms with Gasteiger partial charge in [-0.15, -0.1) is 0 Å². The summed E-state index contributed by atoms with van der Waals surface area (Å²) in [7, 11) is 1.72. The summed E-state index contributed by atoms with van der Waals surface area (Å²) in [5.74, 6) is 2.42. The second-order valence-corrected chi connectivity index (χ2v) is 11.9. The number of aromatic amines is 1. The fourth-order valence-electron chi connectivity index (χ4n) is 9.03.